The summed E-state index contributed by atoms with van der Waals surface area (Å²) >= 11 is 0. The number of hydrogen-bond acceptors (Lipinski definition) is 4. The van der Waals surface area contributed by atoms with Crippen molar-refractivity contribution in [2.75, 3.05) is 26.2 Å². The second kappa shape index (κ2) is 7.51. The smallest absolute Gasteiger partial charge is 0.408 e. The van der Waals surface area contributed by atoms with E-state index in [-0.39, 0.29) is 5.91 Å². The molecule has 2 saturated heterocycles. The molecule has 23 heavy (non-hydrogen) atoms. The highest BCUT2D eigenvalue weighted by atomic mass is 16.6. The summed E-state index contributed by atoms with van der Waals surface area (Å²) in [7, 11) is 0. The van der Waals surface area contributed by atoms with Crippen LogP contribution >= 0.6 is 0 Å². The Hall–Kier alpha value is -1.30. The van der Waals surface area contributed by atoms with Crippen LogP contribution < -0.4 is 5.32 Å². The van der Waals surface area contributed by atoms with Gasteiger partial charge in [-0.05, 0) is 66.5 Å². The van der Waals surface area contributed by atoms with E-state index in [1.54, 1.807) is 6.92 Å². The Morgan fingerprint density at radius 3 is 2.39 bits per heavy atom. The lowest BCUT2D eigenvalue weighted by Crippen LogP contribution is -2.54. The molecule has 1 N–H and O–H groups in total. The quantitative estimate of drug-likeness (QED) is 0.862. The van der Waals surface area contributed by atoms with Gasteiger partial charge in [-0.15, -0.1) is 0 Å². The SMILES string of the molecule is C[C@@H](NC(=O)OC(C)(C)C)C(=O)N1CCC[C@H](N2CCCC2)C1. The maximum Gasteiger partial charge on any atom is 0.408 e. The average molecular weight is 325 g/mol. The molecule has 0 saturated carbocycles. The molecule has 0 aromatic rings. The molecular weight excluding hydrogens is 294 g/mol. The number of hydrogen-bond donors (Lipinski definition) is 1. The molecule has 2 rings (SSSR count). The Kier molecular flexibility index (Phi) is 5.89. The molecule has 2 amide bonds. The molecule has 2 heterocycles. The molecular formula is C17H31N3O3. The lowest BCUT2D eigenvalue weighted by atomic mass is 10.0. The van der Waals surface area contributed by atoms with E-state index in [1.165, 1.54) is 12.8 Å². The summed E-state index contributed by atoms with van der Waals surface area (Å²) in [6.45, 7) is 11.0. The second-order valence-electron chi connectivity index (χ2n) is 7.69. The average Bonchev–Trinajstić information content (AvgIpc) is 2.98. The maximum atomic E-state index is 12.6. The first kappa shape index (κ1) is 18.0. The summed E-state index contributed by atoms with van der Waals surface area (Å²) in [5.41, 5.74) is -0.557. The van der Waals surface area contributed by atoms with Gasteiger partial charge in [0.25, 0.3) is 0 Å². The van der Waals surface area contributed by atoms with Crippen molar-refractivity contribution in [3.05, 3.63) is 0 Å². The topological polar surface area (TPSA) is 61.9 Å². The number of amides is 2. The fourth-order valence-corrected chi connectivity index (χ4v) is 3.38. The minimum absolute atomic E-state index is 0.0141. The zero-order valence-corrected chi connectivity index (χ0v) is 14.9. The number of likely N-dealkylation sites (tertiary alicyclic amines) is 2. The molecule has 0 aromatic heterocycles. The van der Waals surface area contributed by atoms with Gasteiger partial charge in [0.05, 0.1) is 0 Å². The normalized spacial score (nSPS) is 24.3. The zero-order chi connectivity index (χ0) is 17.0. The number of ether oxygens (including phenoxy) is 1. The van der Waals surface area contributed by atoms with Crippen molar-refractivity contribution >= 4 is 12.0 Å². The molecule has 2 atom stereocenters. The minimum Gasteiger partial charge on any atom is -0.444 e. The van der Waals surface area contributed by atoms with Crippen LogP contribution in [0.1, 0.15) is 53.4 Å². The molecule has 0 bridgehead atoms. The number of nitrogens with zero attached hydrogens (tertiary/aromatic N) is 2. The zero-order valence-electron chi connectivity index (χ0n) is 14.9. The van der Waals surface area contributed by atoms with E-state index in [9.17, 15) is 9.59 Å². The van der Waals surface area contributed by atoms with Crippen LogP contribution in [0.4, 0.5) is 4.79 Å². The van der Waals surface area contributed by atoms with Crippen LogP contribution in [0, 0.1) is 0 Å². The highest BCUT2D eigenvalue weighted by Crippen LogP contribution is 2.21. The van der Waals surface area contributed by atoms with Gasteiger partial charge in [-0.1, -0.05) is 0 Å². The summed E-state index contributed by atoms with van der Waals surface area (Å²) in [6, 6.07) is -0.0777. The van der Waals surface area contributed by atoms with Gasteiger partial charge in [-0.3, -0.25) is 9.69 Å². The summed E-state index contributed by atoms with van der Waals surface area (Å²) < 4.78 is 5.22. The fraction of sp³-hybridized carbons (Fsp3) is 0.882. The van der Waals surface area contributed by atoms with Crippen LogP contribution in [0.15, 0.2) is 0 Å². The Bertz CT molecular complexity index is 427. The summed E-state index contributed by atoms with van der Waals surface area (Å²) in [5.74, 6) is -0.0141. The molecule has 0 radical (unpaired) electrons. The Morgan fingerprint density at radius 2 is 1.78 bits per heavy atom. The predicted octanol–water partition coefficient (Wildman–Crippen LogP) is 1.99. The van der Waals surface area contributed by atoms with Gasteiger partial charge in [0.1, 0.15) is 11.6 Å². The lowest BCUT2D eigenvalue weighted by Gasteiger charge is -2.38. The number of piperidine rings is 1. The molecule has 2 aliphatic heterocycles. The molecule has 0 unspecified atom stereocenters. The third kappa shape index (κ3) is 5.37. The van der Waals surface area contributed by atoms with Crippen LogP contribution in [0.3, 0.4) is 0 Å². The van der Waals surface area contributed by atoms with Crippen molar-refractivity contribution in [3.8, 4) is 0 Å². The largest absolute Gasteiger partial charge is 0.444 e. The number of carbonyl (C=O) groups excluding carboxylic acids is 2. The lowest BCUT2D eigenvalue weighted by molar-refractivity contribution is -0.135. The van der Waals surface area contributed by atoms with E-state index < -0.39 is 17.7 Å². The van der Waals surface area contributed by atoms with E-state index in [4.69, 9.17) is 4.74 Å². The Labute approximate surface area is 139 Å². The van der Waals surface area contributed by atoms with E-state index in [1.807, 2.05) is 25.7 Å². The van der Waals surface area contributed by atoms with Crippen LogP contribution in [0.2, 0.25) is 0 Å². The van der Waals surface area contributed by atoms with Gasteiger partial charge in [0.15, 0.2) is 0 Å². The van der Waals surface area contributed by atoms with E-state index in [2.05, 4.69) is 10.2 Å². The highest BCUT2D eigenvalue weighted by molar-refractivity contribution is 5.85. The highest BCUT2D eigenvalue weighted by Gasteiger charge is 2.31. The van der Waals surface area contributed by atoms with Crippen LogP contribution in [0.25, 0.3) is 0 Å². The van der Waals surface area contributed by atoms with Crippen molar-refractivity contribution in [3.63, 3.8) is 0 Å². The second-order valence-corrected chi connectivity index (χ2v) is 7.69. The maximum absolute atomic E-state index is 12.6. The predicted molar refractivity (Wildman–Crippen MR) is 89.2 cm³/mol. The molecule has 0 aromatic carbocycles. The van der Waals surface area contributed by atoms with Gasteiger partial charge in [0, 0.05) is 19.1 Å². The molecule has 6 nitrogen and oxygen atoms in total. The van der Waals surface area contributed by atoms with Gasteiger partial charge < -0.3 is 15.0 Å². The number of alkyl carbamates (subject to hydrolysis) is 1. The van der Waals surface area contributed by atoms with Gasteiger partial charge >= 0.3 is 6.09 Å². The Morgan fingerprint density at radius 1 is 1.13 bits per heavy atom. The van der Waals surface area contributed by atoms with Gasteiger partial charge in [0.2, 0.25) is 5.91 Å². The first-order valence-corrected chi connectivity index (χ1v) is 8.78. The number of carbonyl (C=O) groups is 2. The molecule has 6 heteroatoms. The number of nitrogens with one attached hydrogen (secondary N) is 1. The first-order valence-electron chi connectivity index (χ1n) is 8.78. The number of rotatable bonds is 3. The van der Waals surface area contributed by atoms with E-state index >= 15 is 0 Å². The summed E-state index contributed by atoms with van der Waals surface area (Å²) in [4.78, 5) is 28.8. The van der Waals surface area contributed by atoms with Crippen molar-refractivity contribution < 1.29 is 14.3 Å². The molecule has 0 aliphatic carbocycles. The van der Waals surface area contributed by atoms with Gasteiger partial charge in [-0.25, -0.2) is 4.79 Å². The van der Waals surface area contributed by atoms with Crippen molar-refractivity contribution in [2.45, 2.75) is 71.1 Å². The van der Waals surface area contributed by atoms with Crippen LogP contribution in [-0.2, 0) is 9.53 Å². The Balaban J connectivity index is 1.84. The molecule has 2 fully saturated rings. The van der Waals surface area contributed by atoms with Crippen molar-refractivity contribution in [1.82, 2.24) is 15.1 Å². The first-order chi connectivity index (χ1) is 10.8. The molecule has 0 spiro atoms. The monoisotopic (exact) mass is 325 g/mol. The third-order valence-corrected chi connectivity index (χ3v) is 4.47. The fourth-order valence-electron chi connectivity index (χ4n) is 3.38. The summed E-state index contributed by atoms with van der Waals surface area (Å²) in [6.07, 6.45) is 4.19. The van der Waals surface area contributed by atoms with Crippen LogP contribution in [-0.4, -0.2) is 65.7 Å². The van der Waals surface area contributed by atoms with Crippen molar-refractivity contribution in [1.29, 1.82) is 0 Å². The minimum atomic E-state index is -0.557. The van der Waals surface area contributed by atoms with Crippen LogP contribution in [0.5, 0.6) is 0 Å². The molecule has 132 valence electrons. The third-order valence-electron chi connectivity index (χ3n) is 4.47. The van der Waals surface area contributed by atoms with Gasteiger partial charge in [-0.2, -0.15) is 0 Å². The van der Waals surface area contributed by atoms with E-state index in [0.717, 1.165) is 39.0 Å². The van der Waals surface area contributed by atoms with Crippen molar-refractivity contribution in [2.24, 2.45) is 0 Å². The van der Waals surface area contributed by atoms with E-state index in [0.29, 0.717) is 6.04 Å². The molecule has 2 aliphatic rings. The summed E-state index contributed by atoms with van der Waals surface area (Å²) in [5, 5.41) is 2.65. The standard InChI is InChI=1S/C17H31N3O3/c1-13(18-16(22)23-17(2,3)4)15(21)20-11-7-8-14(12-20)19-9-5-6-10-19/h13-14H,5-12H2,1-4H3,(H,18,22)/t13-,14+/m1/s1.